The molecule has 36 heavy (non-hydrogen) atoms. The molecule has 1 aliphatic rings. The molecular weight excluding hydrogens is 466 g/mol. The Bertz CT molecular complexity index is 1690. The van der Waals surface area contributed by atoms with E-state index in [0.717, 1.165) is 27.8 Å². The van der Waals surface area contributed by atoms with E-state index in [1.807, 2.05) is 102 Å². The zero-order valence-corrected chi connectivity index (χ0v) is 20.4. The zero-order chi connectivity index (χ0) is 24.7. The molecule has 1 aliphatic carbocycles. The number of hydrogen-bond donors (Lipinski definition) is 1. The molecule has 0 amide bonds. The van der Waals surface area contributed by atoms with Crippen LogP contribution in [0.25, 0.3) is 26.9 Å². The number of nitrogens with zero attached hydrogens (tertiary/aromatic N) is 3. The van der Waals surface area contributed by atoms with Crippen molar-refractivity contribution in [3.8, 4) is 11.1 Å². The molecule has 1 N–H and O–H groups in total. The second kappa shape index (κ2) is 8.82. The molecule has 2 heterocycles. The standard InChI is InChI=1S/C30H23N3O2S/c1-20-31-28-27(25(19-36-28)21-11-5-2-6-12-21)29(34)33(20)32-24-17-26(22-13-7-3-8-14-22)30(35,18-24)23-15-9-4-10-16-23/h2-17,19,35H,18H2,1H3. The summed E-state index contributed by atoms with van der Waals surface area (Å²) in [7, 11) is 0. The van der Waals surface area contributed by atoms with E-state index in [2.05, 4.69) is 4.98 Å². The molecule has 6 heteroatoms. The van der Waals surface area contributed by atoms with Crippen LogP contribution in [-0.2, 0) is 5.60 Å². The number of aromatic nitrogens is 2. The minimum atomic E-state index is -1.26. The molecule has 3 aromatic carbocycles. The Hall–Kier alpha value is -4.13. The van der Waals surface area contributed by atoms with Crippen molar-refractivity contribution in [2.75, 3.05) is 0 Å². The van der Waals surface area contributed by atoms with Crippen LogP contribution in [-0.4, -0.2) is 20.5 Å². The van der Waals surface area contributed by atoms with E-state index < -0.39 is 5.60 Å². The van der Waals surface area contributed by atoms with Crippen LogP contribution in [0.3, 0.4) is 0 Å². The Labute approximate surface area is 212 Å². The fourth-order valence-electron chi connectivity index (χ4n) is 4.83. The molecule has 0 radical (unpaired) electrons. The van der Waals surface area contributed by atoms with E-state index in [1.165, 1.54) is 16.0 Å². The second-order valence-corrected chi connectivity index (χ2v) is 9.75. The number of benzene rings is 3. The van der Waals surface area contributed by atoms with Crippen molar-refractivity contribution < 1.29 is 5.11 Å². The third-order valence-electron chi connectivity index (χ3n) is 6.59. The van der Waals surface area contributed by atoms with Crippen LogP contribution >= 0.6 is 11.3 Å². The number of aryl methyl sites for hydroxylation is 1. The summed E-state index contributed by atoms with van der Waals surface area (Å²) >= 11 is 1.46. The Morgan fingerprint density at radius 1 is 0.917 bits per heavy atom. The predicted octanol–water partition coefficient (Wildman–Crippen LogP) is 6.01. The van der Waals surface area contributed by atoms with E-state index in [9.17, 15) is 9.90 Å². The minimum Gasteiger partial charge on any atom is -0.380 e. The Kier molecular flexibility index (Phi) is 5.48. The lowest BCUT2D eigenvalue weighted by Crippen LogP contribution is -2.26. The smallest absolute Gasteiger partial charge is 0.283 e. The highest BCUT2D eigenvalue weighted by Crippen LogP contribution is 2.44. The number of rotatable bonds is 4. The van der Waals surface area contributed by atoms with Crippen molar-refractivity contribution in [3.05, 3.63) is 130 Å². The van der Waals surface area contributed by atoms with Crippen LogP contribution in [0.1, 0.15) is 23.4 Å². The van der Waals surface area contributed by atoms with Gasteiger partial charge in [0, 0.05) is 17.4 Å². The van der Waals surface area contributed by atoms with Crippen LogP contribution in [0.5, 0.6) is 0 Å². The molecule has 5 nitrogen and oxygen atoms in total. The largest absolute Gasteiger partial charge is 0.380 e. The van der Waals surface area contributed by atoms with Crippen molar-refractivity contribution in [3.63, 3.8) is 0 Å². The Balaban J connectivity index is 1.52. The maximum absolute atomic E-state index is 13.7. The maximum Gasteiger partial charge on any atom is 0.283 e. The number of thiophene rings is 1. The summed E-state index contributed by atoms with van der Waals surface area (Å²) in [5, 5.41) is 19.2. The SMILES string of the molecule is Cc1nc2scc(-c3ccccc3)c2c(=O)n1N=C1C=C(c2ccccc2)C(O)(c2ccccc2)C1. The van der Waals surface area contributed by atoms with Gasteiger partial charge in [0.2, 0.25) is 0 Å². The van der Waals surface area contributed by atoms with Gasteiger partial charge < -0.3 is 5.11 Å². The normalized spacial score (nSPS) is 18.6. The average molecular weight is 490 g/mol. The van der Waals surface area contributed by atoms with Gasteiger partial charge in [-0.25, -0.2) is 4.98 Å². The number of aliphatic hydroxyl groups is 1. The van der Waals surface area contributed by atoms with Gasteiger partial charge in [0.15, 0.2) is 0 Å². The summed E-state index contributed by atoms with van der Waals surface area (Å²) in [4.78, 5) is 19.1. The van der Waals surface area contributed by atoms with Gasteiger partial charge in [-0.1, -0.05) is 91.0 Å². The second-order valence-electron chi connectivity index (χ2n) is 8.89. The van der Waals surface area contributed by atoms with Crippen molar-refractivity contribution in [2.24, 2.45) is 5.10 Å². The first kappa shape index (κ1) is 22.3. The zero-order valence-electron chi connectivity index (χ0n) is 19.6. The molecule has 176 valence electrons. The molecule has 1 unspecified atom stereocenters. The molecule has 0 fully saturated rings. The van der Waals surface area contributed by atoms with E-state index in [4.69, 9.17) is 5.10 Å². The van der Waals surface area contributed by atoms with Crippen LogP contribution < -0.4 is 5.56 Å². The molecule has 6 rings (SSSR count). The quantitative estimate of drug-likeness (QED) is 0.336. The minimum absolute atomic E-state index is 0.213. The lowest BCUT2D eigenvalue weighted by molar-refractivity contribution is 0.113. The summed E-state index contributed by atoms with van der Waals surface area (Å²) in [5.41, 5.74) is 3.43. The summed E-state index contributed by atoms with van der Waals surface area (Å²) in [6.45, 7) is 1.78. The van der Waals surface area contributed by atoms with E-state index in [0.29, 0.717) is 21.8 Å². The fourth-order valence-corrected chi connectivity index (χ4v) is 5.81. The molecule has 0 saturated heterocycles. The van der Waals surface area contributed by atoms with Crippen molar-refractivity contribution in [1.29, 1.82) is 0 Å². The summed E-state index contributed by atoms with van der Waals surface area (Å²) < 4.78 is 1.37. The molecule has 5 aromatic rings. The number of fused-ring (bicyclic) bond motifs is 1. The third kappa shape index (κ3) is 3.71. The van der Waals surface area contributed by atoms with Gasteiger partial charge in [-0.05, 0) is 35.3 Å². The van der Waals surface area contributed by atoms with E-state index >= 15 is 0 Å². The van der Waals surface area contributed by atoms with Gasteiger partial charge in [-0.3, -0.25) is 4.79 Å². The monoisotopic (exact) mass is 489 g/mol. The molecule has 1 atom stereocenters. The molecule has 0 aliphatic heterocycles. The first-order valence-electron chi connectivity index (χ1n) is 11.7. The van der Waals surface area contributed by atoms with Crippen molar-refractivity contribution in [1.82, 2.24) is 9.66 Å². The Morgan fingerprint density at radius 2 is 1.53 bits per heavy atom. The van der Waals surface area contributed by atoms with Crippen LogP contribution in [0.4, 0.5) is 0 Å². The third-order valence-corrected chi connectivity index (χ3v) is 7.46. The highest BCUT2D eigenvalue weighted by Gasteiger charge is 2.40. The first-order chi connectivity index (χ1) is 17.5. The van der Waals surface area contributed by atoms with Gasteiger partial charge in [0.05, 0.1) is 11.1 Å². The predicted molar refractivity (Wildman–Crippen MR) is 146 cm³/mol. The van der Waals surface area contributed by atoms with Gasteiger partial charge in [-0.2, -0.15) is 9.78 Å². The average Bonchev–Trinajstić information content (AvgIpc) is 3.50. The summed E-state index contributed by atoms with van der Waals surface area (Å²) in [5.74, 6) is 0.506. The fraction of sp³-hybridized carbons (Fsp3) is 0.100. The lowest BCUT2D eigenvalue weighted by atomic mass is 9.84. The van der Waals surface area contributed by atoms with Crippen molar-refractivity contribution >= 4 is 32.8 Å². The van der Waals surface area contributed by atoms with Crippen LogP contribution in [0.2, 0.25) is 0 Å². The van der Waals surface area contributed by atoms with Crippen molar-refractivity contribution in [2.45, 2.75) is 18.9 Å². The number of hydrogen-bond acceptors (Lipinski definition) is 5. The highest BCUT2D eigenvalue weighted by molar-refractivity contribution is 7.17. The maximum atomic E-state index is 13.7. The lowest BCUT2D eigenvalue weighted by Gasteiger charge is -2.27. The van der Waals surface area contributed by atoms with E-state index in [1.54, 1.807) is 6.92 Å². The number of allylic oxidation sites excluding steroid dienone is 1. The van der Waals surface area contributed by atoms with Gasteiger partial charge in [0.1, 0.15) is 16.3 Å². The van der Waals surface area contributed by atoms with Gasteiger partial charge in [-0.15, -0.1) is 11.3 Å². The topological polar surface area (TPSA) is 67.5 Å². The van der Waals surface area contributed by atoms with Gasteiger partial charge in [0.25, 0.3) is 5.56 Å². The molecule has 0 bridgehead atoms. The highest BCUT2D eigenvalue weighted by atomic mass is 32.1. The Morgan fingerprint density at radius 3 is 2.19 bits per heavy atom. The first-order valence-corrected chi connectivity index (χ1v) is 12.6. The molecule has 0 spiro atoms. The van der Waals surface area contributed by atoms with E-state index in [-0.39, 0.29) is 12.0 Å². The van der Waals surface area contributed by atoms with Gasteiger partial charge >= 0.3 is 0 Å². The molecule has 0 saturated carbocycles. The molecular formula is C30H23N3O2S. The molecule has 2 aromatic heterocycles. The summed E-state index contributed by atoms with van der Waals surface area (Å²) in [6.07, 6.45) is 2.14. The van der Waals surface area contributed by atoms with Crippen LogP contribution in [0, 0.1) is 6.92 Å². The summed E-state index contributed by atoms with van der Waals surface area (Å²) in [6, 6.07) is 29.2. The van der Waals surface area contributed by atoms with Crippen LogP contribution in [0.15, 0.2) is 112 Å².